The van der Waals surface area contributed by atoms with Crippen LogP contribution in [0, 0.1) is 5.92 Å². The second-order valence-electron chi connectivity index (χ2n) is 17.9. The number of hydrogen-bond donors (Lipinski definition) is 2. The first kappa shape index (κ1) is 66.0. The standard InChI is InChI=1S/C24H40O5Si.C23H34N2O5.H6P4.H5P3/c1-19(15-16-28-18-20-10-13-21(26-5)14-11-20)9-12-22(17-23(25)27-6)29-30(7,8)24(2,3)4;1-16(2)21-14-24-23(28)25(21)22(27)13-19(26)8-5-17(3)11-12-30-15-18-6-9-20(29-4)10-7-18;1-4(2)3;1-3-2/h10-11,13-15,22H,9,12,16-18H2,1-8H3;6-7,9-11,16,19,21,26H,5,8,12-15H2,1-4H3,(H,24,28);1-3H2;3H,1-2H2/b19-15-;17-11-;;/t22-;19-,21+;;/m11../s1. The van der Waals surface area contributed by atoms with Crippen molar-refractivity contribution < 1.29 is 47.6 Å². The minimum absolute atomic E-state index is 0.0438. The predicted molar refractivity (Wildman–Crippen MR) is 303 cm³/mol. The zero-order valence-corrected chi connectivity index (χ0v) is 50.9. The van der Waals surface area contributed by atoms with Crippen molar-refractivity contribution >= 4 is 85.8 Å². The van der Waals surface area contributed by atoms with Crippen molar-refractivity contribution in [2.24, 2.45) is 5.92 Å². The molecule has 5 unspecified atom stereocenters. The lowest BCUT2D eigenvalue weighted by Crippen LogP contribution is -2.44. The molecule has 1 saturated heterocycles. The fourth-order valence-electron chi connectivity index (χ4n) is 6.00. The number of carbonyl (C=O) groups excluding carboxylic acids is 3. The van der Waals surface area contributed by atoms with Gasteiger partial charge in [0.05, 0.1) is 78.8 Å². The van der Waals surface area contributed by atoms with Gasteiger partial charge in [-0.25, -0.2) is 4.79 Å². The molecule has 20 heteroatoms. The first-order valence-electron chi connectivity index (χ1n) is 22.4. The number of aliphatic hydroxyl groups is 1. The van der Waals surface area contributed by atoms with Gasteiger partial charge in [0.25, 0.3) is 0 Å². The minimum atomic E-state index is -1.96. The average Bonchev–Trinajstić information content (AvgIpc) is 3.67. The molecule has 0 spiro atoms. The highest BCUT2D eigenvalue weighted by atomic mass is 32.7. The lowest BCUT2D eigenvalue weighted by Gasteiger charge is -2.39. The van der Waals surface area contributed by atoms with Gasteiger partial charge in [-0.05, 0) is 106 Å². The molecule has 12 nitrogen and oxygen atoms in total. The number of urea groups is 1. The van der Waals surface area contributed by atoms with Crippen molar-refractivity contribution in [3.63, 3.8) is 0 Å². The number of nitrogens with one attached hydrogen (secondary N) is 1. The molecule has 67 heavy (non-hydrogen) atoms. The van der Waals surface area contributed by atoms with E-state index in [4.69, 9.17) is 28.1 Å². The van der Waals surface area contributed by atoms with Crippen LogP contribution in [0.1, 0.15) is 98.1 Å². The van der Waals surface area contributed by atoms with Crippen LogP contribution in [-0.4, -0.2) is 95.6 Å². The Morgan fingerprint density at radius 1 is 0.851 bits per heavy atom. The van der Waals surface area contributed by atoms with E-state index in [0.29, 0.717) is 52.2 Å². The summed E-state index contributed by atoms with van der Waals surface area (Å²) in [5.74, 6) is 1.30. The van der Waals surface area contributed by atoms with E-state index in [0.717, 1.165) is 49.0 Å². The molecule has 2 aromatic carbocycles. The number of hydrogen-bond acceptors (Lipinski definition) is 10. The second-order valence-corrected chi connectivity index (χ2v) is 38.6. The van der Waals surface area contributed by atoms with Crippen LogP contribution >= 0.6 is 59.6 Å². The SMILES string of the molecule is COC(=O)C[C@@H](CC/C(C)=C\COCc1ccc(OC)cc1)O[Si](C)(C)C(C)(C)C.COc1ccc(COC/C=C(/C)CC[C@@H](O)CC(=O)N2C(=O)NC[C@H]2C(C)C)cc1.PP(P)P.PPP. The van der Waals surface area contributed by atoms with Crippen LogP contribution in [0.15, 0.2) is 71.8 Å². The van der Waals surface area contributed by atoms with Crippen LogP contribution in [0.2, 0.25) is 18.1 Å². The summed E-state index contributed by atoms with van der Waals surface area (Å²) in [5, 5.41) is 13.1. The maximum atomic E-state index is 12.5. The van der Waals surface area contributed by atoms with Crippen LogP contribution in [0.5, 0.6) is 11.5 Å². The Morgan fingerprint density at radius 2 is 1.28 bits per heavy atom. The van der Waals surface area contributed by atoms with Gasteiger partial charge in [-0.2, -0.15) is 0 Å². The largest absolute Gasteiger partial charge is 0.497 e. The third kappa shape index (κ3) is 30.5. The number of methoxy groups -OCH3 is 3. The summed E-state index contributed by atoms with van der Waals surface area (Å²) in [7, 11) is 16.8. The van der Waals surface area contributed by atoms with Crippen molar-refractivity contribution in [3.05, 3.63) is 83.0 Å². The van der Waals surface area contributed by atoms with E-state index in [2.05, 4.69) is 96.8 Å². The number of rotatable bonds is 23. The zero-order chi connectivity index (χ0) is 51.2. The normalized spacial score (nSPS) is 15.0. The highest BCUT2D eigenvalue weighted by Crippen LogP contribution is 2.59. The number of nitrogens with zero attached hydrogens (tertiary/aromatic N) is 1. The van der Waals surface area contributed by atoms with Crippen molar-refractivity contribution in [2.75, 3.05) is 41.1 Å². The van der Waals surface area contributed by atoms with E-state index in [1.165, 1.54) is 17.6 Å². The summed E-state index contributed by atoms with van der Waals surface area (Å²) in [4.78, 5) is 37.5. The third-order valence-electron chi connectivity index (χ3n) is 11.0. The Morgan fingerprint density at radius 3 is 1.67 bits per heavy atom. The summed E-state index contributed by atoms with van der Waals surface area (Å²) >= 11 is 0. The maximum absolute atomic E-state index is 12.5. The molecule has 0 bridgehead atoms. The number of esters is 1. The van der Waals surface area contributed by atoms with Crippen LogP contribution < -0.4 is 14.8 Å². The van der Waals surface area contributed by atoms with Gasteiger partial charge >= 0.3 is 12.0 Å². The smallest absolute Gasteiger partial charge is 0.324 e. The fourth-order valence-corrected chi connectivity index (χ4v) is 7.39. The van der Waals surface area contributed by atoms with Gasteiger partial charge in [0, 0.05) is 6.54 Å². The quantitative estimate of drug-likeness (QED) is 0.0363. The minimum Gasteiger partial charge on any atom is -0.497 e. The molecular formula is C47H85N2O10P7Si. The van der Waals surface area contributed by atoms with Gasteiger partial charge in [-0.3, -0.25) is 14.5 Å². The Bertz CT molecular complexity index is 1750. The van der Waals surface area contributed by atoms with E-state index in [-0.39, 0.29) is 54.4 Å². The molecule has 1 aliphatic rings. The Balaban J connectivity index is 0.00000114. The zero-order valence-electron chi connectivity index (χ0n) is 42.3. The van der Waals surface area contributed by atoms with Crippen LogP contribution in [0.25, 0.3) is 0 Å². The highest BCUT2D eigenvalue weighted by Gasteiger charge is 2.40. The number of allylic oxidation sites excluding steroid dienone is 2. The highest BCUT2D eigenvalue weighted by molar-refractivity contribution is 8.65. The molecule has 3 amide bonds. The van der Waals surface area contributed by atoms with Crippen molar-refractivity contribution in [1.29, 1.82) is 0 Å². The van der Waals surface area contributed by atoms with Gasteiger partial charge in [-0.15, -0.1) is 44.6 Å². The molecule has 3 rings (SSSR count). The average molecular weight is 1080 g/mol. The van der Waals surface area contributed by atoms with E-state index in [1.54, 1.807) is 14.2 Å². The van der Waals surface area contributed by atoms with Gasteiger partial charge in [0.15, 0.2) is 8.32 Å². The summed E-state index contributed by atoms with van der Waals surface area (Å²) in [6, 6.07) is 15.1. The van der Waals surface area contributed by atoms with Crippen molar-refractivity contribution in [2.45, 2.75) is 137 Å². The molecule has 382 valence electrons. The predicted octanol–water partition coefficient (Wildman–Crippen LogP) is 12.2. The number of ether oxygens (including phenoxy) is 5. The number of aliphatic hydroxyl groups excluding tert-OH is 1. The van der Waals surface area contributed by atoms with Gasteiger partial charge in [-0.1, -0.05) is 90.1 Å². The van der Waals surface area contributed by atoms with Gasteiger partial charge < -0.3 is 38.5 Å². The fraction of sp³-hybridized carbons (Fsp3) is 0.596. The summed E-state index contributed by atoms with van der Waals surface area (Å²) in [6.45, 7) is 21.8. The molecule has 0 radical (unpaired) electrons. The molecule has 0 aliphatic carbocycles. The molecular weight excluding hydrogens is 997 g/mol. The number of imide groups is 1. The van der Waals surface area contributed by atoms with Crippen molar-refractivity contribution in [1.82, 2.24) is 10.2 Å². The molecule has 2 N–H and O–H groups in total. The van der Waals surface area contributed by atoms with E-state index in [9.17, 15) is 19.5 Å². The first-order valence-corrected chi connectivity index (χ1v) is 36.1. The molecule has 2 aromatic rings. The third-order valence-corrected chi connectivity index (χ3v) is 15.6. The molecule has 1 heterocycles. The molecule has 8 atom stereocenters. The number of amides is 3. The lowest BCUT2D eigenvalue weighted by atomic mass is 10.0. The van der Waals surface area contributed by atoms with E-state index in [1.807, 2.05) is 75.4 Å². The molecule has 0 aromatic heterocycles. The summed E-state index contributed by atoms with van der Waals surface area (Å²) in [5.41, 5.74) is 4.51. The lowest BCUT2D eigenvalue weighted by molar-refractivity contribution is -0.142. The second kappa shape index (κ2) is 36.8. The van der Waals surface area contributed by atoms with Crippen LogP contribution in [0.3, 0.4) is 0 Å². The Hall–Kier alpha value is -1.00. The van der Waals surface area contributed by atoms with E-state index >= 15 is 0 Å². The monoisotopic (exact) mass is 1080 g/mol. The Kier molecular flexibility index (Phi) is 36.3. The topological polar surface area (TPSA) is 142 Å². The molecule has 1 fully saturated rings. The van der Waals surface area contributed by atoms with E-state index < -0.39 is 14.4 Å². The van der Waals surface area contributed by atoms with Crippen LogP contribution in [0.4, 0.5) is 4.79 Å². The first-order chi connectivity index (χ1) is 31.4. The number of benzene rings is 2. The summed E-state index contributed by atoms with van der Waals surface area (Å²) < 4.78 is 33.1. The Labute approximate surface area is 419 Å². The maximum Gasteiger partial charge on any atom is 0.324 e. The van der Waals surface area contributed by atoms with Crippen LogP contribution in [-0.2, 0) is 41.4 Å². The van der Waals surface area contributed by atoms with Gasteiger partial charge in [0.1, 0.15) is 11.5 Å². The number of carbonyl (C=O) groups is 3. The summed E-state index contributed by atoms with van der Waals surface area (Å²) in [6.07, 6.45) is 6.23. The van der Waals surface area contributed by atoms with Gasteiger partial charge in [0.2, 0.25) is 5.91 Å². The molecule has 0 saturated carbocycles. The van der Waals surface area contributed by atoms with Crippen molar-refractivity contribution in [3.8, 4) is 11.5 Å². The molecule has 1 aliphatic heterocycles.